The Kier molecular flexibility index (Phi) is 4.85. The van der Waals surface area contributed by atoms with E-state index in [1.165, 1.54) is 10.2 Å². The van der Waals surface area contributed by atoms with Gasteiger partial charge in [0.2, 0.25) is 11.7 Å². The molecule has 7 nitrogen and oxygen atoms in total. The van der Waals surface area contributed by atoms with E-state index in [2.05, 4.69) is 25.7 Å². The average Bonchev–Trinajstić information content (AvgIpc) is 3.34. The number of benzene rings is 2. The number of hydrogen-bond acceptors (Lipinski definition) is 6. The van der Waals surface area contributed by atoms with Crippen molar-refractivity contribution < 1.29 is 13.6 Å². The molecule has 10 heteroatoms. The molecule has 2 aromatic heterocycles. The molecule has 140 valence electrons. The number of anilines is 1. The quantitative estimate of drug-likeness (QED) is 0.557. The first-order valence-corrected chi connectivity index (χ1v) is 9.00. The van der Waals surface area contributed by atoms with E-state index in [9.17, 15) is 13.6 Å². The summed E-state index contributed by atoms with van der Waals surface area (Å²) in [6, 6.07) is 12.4. The summed E-state index contributed by atoms with van der Waals surface area (Å²) in [5.74, 6) is -1.17. The van der Waals surface area contributed by atoms with Gasteiger partial charge in [-0.25, -0.2) is 13.8 Å². The van der Waals surface area contributed by atoms with Crippen LogP contribution >= 0.6 is 11.3 Å². The van der Waals surface area contributed by atoms with Gasteiger partial charge in [-0.1, -0.05) is 30.3 Å². The number of rotatable bonds is 5. The van der Waals surface area contributed by atoms with Gasteiger partial charge in [0.15, 0.2) is 5.13 Å². The summed E-state index contributed by atoms with van der Waals surface area (Å²) in [7, 11) is 0. The van der Waals surface area contributed by atoms with Gasteiger partial charge in [-0.3, -0.25) is 4.79 Å². The second-order valence-electron chi connectivity index (χ2n) is 5.72. The maximum atomic E-state index is 13.8. The predicted molar refractivity (Wildman–Crippen MR) is 99.3 cm³/mol. The number of carbonyl (C=O) groups excluding carboxylic acids is 1. The zero-order valence-corrected chi connectivity index (χ0v) is 15.0. The summed E-state index contributed by atoms with van der Waals surface area (Å²) in [5, 5.41) is 16.3. The molecule has 0 radical (unpaired) electrons. The van der Waals surface area contributed by atoms with Crippen LogP contribution in [0.1, 0.15) is 0 Å². The number of hydrogen-bond donors (Lipinski definition) is 1. The first-order valence-electron chi connectivity index (χ1n) is 8.12. The van der Waals surface area contributed by atoms with Crippen LogP contribution in [0.2, 0.25) is 0 Å². The van der Waals surface area contributed by atoms with E-state index >= 15 is 0 Å². The van der Waals surface area contributed by atoms with Crippen molar-refractivity contribution in [1.29, 1.82) is 0 Å². The number of carbonyl (C=O) groups is 1. The molecule has 1 N–H and O–H groups in total. The number of amides is 1. The molecule has 0 aliphatic heterocycles. The Bertz CT molecular complexity index is 1130. The minimum Gasteiger partial charge on any atom is -0.300 e. The van der Waals surface area contributed by atoms with Crippen LogP contribution < -0.4 is 5.32 Å². The third-order valence-electron chi connectivity index (χ3n) is 3.72. The monoisotopic (exact) mass is 398 g/mol. The highest BCUT2D eigenvalue weighted by Crippen LogP contribution is 2.27. The third-order valence-corrected chi connectivity index (χ3v) is 4.48. The smallest absolute Gasteiger partial charge is 0.249 e. The Morgan fingerprint density at radius 2 is 1.96 bits per heavy atom. The number of tetrazole rings is 1. The molecule has 4 rings (SSSR count). The summed E-state index contributed by atoms with van der Waals surface area (Å²) in [6.45, 7) is -0.164. The highest BCUT2D eigenvalue weighted by molar-refractivity contribution is 7.14. The van der Waals surface area contributed by atoms with E-state index in [1.54, 1.807) is 0 Å². The molecule has 0 aliphatic carbocycles. The fraction of sp³-hybridized carbons (Fsp3) is 0.0556. The van der Waals surface area contributed by atoms with Gasteiger partial charge in [-0.2, -0.15) is 4.80 Å². The number of halogens is 2. The fourth-order valence-electron chi connectivity index (χ4n) is 2.45. The molecule has 1 amide bonds. The molecule has 0 atom stereocenters. The fourth-order valence-corrected chi connectivity index (χ4v) is 3.18. The predicted octanol–water partition coefficient (Wildman–Crippen LogP) is 3.38. The number of aromatic nitrogens is 5. The third kappa shape index (κ3) is 3.91. The van der Waals surface area contributed by atoms with Crippen molar-refractivity contribution in [3.63, 3.8) is 0 Å². The van der Waals surface area contributed by atoms with Gasteiger partial charge in [0, 0.05) is 16.5 Å². The second-order valence-corrected chi connectivity index (χ2v) is 6.58. The van der Waals surface area contributed by atoms with Crippen molar-refractivity contribution in [1.82, 2.24) is 25.2 Å². The normalized spacial score (nSPS) is 10.8. The zero-order chi connectivity index (χ0) is 19.5. The van der Waals surface area contributed by atoms with E-state index < -0.39 is 17.5 Å². The maximum absolute atomic E-state index is 13.8. The standard InChI is InChI=1S/C18H12F2N6OS/c19-12-6-7-14(20)13(8-12)15-10-28-18(21-15)22-16(27)9-26-24-17(23-25-26)11-4-2-1-3-5-11/h1-8,10H,9H2,(H,21,22,27). The van der Waals surface area contributed by atoms with Gasteiger partial charge in [0.05, 0.1) is 5.69 Å². The lowest BCUT2D eigenvalue weighted by Gasteiger charge is -2.01. The SMILES string of the molecule is O=C(Cn1nnc(-c2ccccc2)n1)Nc1nc(-c2cc(F)ccc2F)cs1. The molecule has 0 spiro atoms. The van der Waals surface area contributed by atoms with Crippen LogP contribution in [0.3, 0.4) is 0 Å². The first kappa shape index (κ1) is 17.9. The molecule has 0 bridgehead atoms. The minimum absolute atomic E-state index is 0.0298. The van der Waals surface area contributed by atoms with Gasteiger partial charge >= 0.3 is 0 Å². The molecule has 0 unspecified atom stereocenters. The van der Waals surface area contributed by atoms with Gasteiger partial charge in [0.25, 0.3) is 0 Å². The average molecular weight is 398 g/mol. The molecule has 2 heterocycles. The first-order chi connectivity index (χ1) is 13.6. The van der Waals surface area contributed by atoms with Crippen LogP contribution in [0.15, 0.2) is 53.9 Å². The van der Waals surface area contributed by atoms with Crippen LogP contribution in [-0.2, 0) is 11.3 Å². The van der Waals surface area contributed by atoms with Crippen LogP contribution in [0.25, 0.3) is 22.6 Å². The molecule has 2 aromatic carbocycles. The lowest BCUT2D eigenvalue weighted by atomic mass is 10.1. The molecular formula is C18H12F2N6OS. The molecule has 28 heavy (non-hydrogen) atoms. The Balaban J connectivity index is 1.43. The maximum Gasteiger partial charge on any atom is 0.249 e. The van der Waals surface area contributed by atoms with Crippen molar-refractivity contribution in [3.05, 3.63) is 65.5 Å². The van der Waals surface area contributed by atoms with Crippen molar-refractivity contribution in [2.45, 2.75) is 6.54 Å². The van der Waals surface area contributed by atoms with Crippen molar-refractivity contribution in [2.75, 3.05) is 5.32 Å². The van der Waals surface area contributed by atoms with E-state index in [0.29, 0.717) is 5.82 Å². The summed E-state index contributed by atoms with van der Waals surface area (Å²) < 4.78 is 27.2. The number of nitrogens with zero attached hydrogens (tertiary/aromatic N) is 5. The van der Waals surface area contributed by atoms with Crippen LogP contribution in [-0.4, -0.2) is 31.1 Å². The molecule has 0 saturated carbocycles. The molecular weight excluding hydrogens is 386 g/mol. The number of nitrogens with one attached hydrogen (secondary N) is 1. The van der Waals surface area contributed by atoms with E-state index in [0.717, 1.165) is 35.1 Å². The van der Waals surface area contributed by atoms with Crippen molar-refractivity contribution >= 4 is 22.4 Å². The molecule has 0 fully saturated rings. The lowest BCUT2D eigenvalue weighted by Crippen LogP contribution is -2.20. The molecule has 4 aromatic rings. The van der Waals surface area contributed by atoms with Crippen LogP contribution in [0, 0.1) is 11.6 Å². The molecule has 0 saturated heterocycles. The lowest BCUT2D eigenvalue weighted by molar-refractivity contribution is -0.117. The van der Waals surface area contributed by atoms with E-state index in [-0.39, 0.29) is 22.9 Å². The number of thiazole rings is 1. The summed E-state index contributed by atoms with van der Waals surface area (Å²) in [5.41, 5.74) is 1.06. The summed E-state index contributed by atoms with van der Waals surface area (Å²) in [6.07, 6.45) is 0. The highest BCUT2D eigenvalue weighted by atomic mass is 32.1. The highest BCUT2D eigenvalue weighted by Gasteiger charge is 2.14. The van der Waals surface area contributed by atoms with Gasteiger partial charge in [0.1, 0.15) is 18.2 Å². The van der Waals surface area contributed by atoms with E-state index in [1.807, 2.05) is 30.3 Å². The van der Waals surface area contributed by atoms with Gasteiger partial charge < -0.3 is 5.32 Å². The topological polar surface area (TPSA) is 85.6 Å². The Morgan fingerprint density at radius 1 is 1.14 bits per heavy atom. The Morgan fingerprint density at radius 3 is 2.79 bits per heavy atom. The summed E-state index contributed by atoms with van der Waals surface area (Å²) in [4.78, 5) is 17.5. The van der Waals surface area contributed by atoms with Gasteiger partial charge in [-0.15, -0.1) is 21.5 Å². The largest absolute Gasteiger partial charge is 0.300 e. The molecule has 0 aliphatic rings. The zero-order valence-electron chi connectivity index (χ0n) is 14.2. The van der Waals surface area contributed by atoms with Crippen LogP contribution in [0.5, 0.6) is 0 Å². The summed E-state index contributed by atoms with van der Waals surface area (Å²) >= 11 is 1.10. The van der Waals surface area contributed by atoms with Crippen molar-refractivity contribution in [3.8, 4) is 22.6 Å². The van der Waals surface area contributed by atoms with Crippen molar-refractivity contribution in [2.24, 2.45) is 0 Å². The van der Waals surface area contributed by atoms with E-state index in [4.69, 9.17) is 0 Å². The van der Waals surface area contributed by atoms with Gasteiger partial charge in [-0.05, 0) is 23.4 Å². The van der Waals surface area contributed by atoms with Crippen LogP contribution in [0.4, 0.5) is 13.9 Å². The minimum atomic E-state index is -0.593. The second kappa shape index (κ2) is 7.61. The Labute approximate surface area is 161 Å². The Hall–Kier alpha value is -3.53.